The predicted molar refractivity (Wildman–Crippen MR) is 104 cm³/mol. The zero-order valence-corrected chi connectivity index (χ0v) is 15.6. The van der Waals surface area contributed by atoms with Crippen LogP contribution in [-0.2, 0) is 17.8 Å². The van der Waals surface area contributed by atoms with Crippen LogP contribution in [-0.4, -0.2) is 27.7 Å². The van der Waals surface area contributed by atoms with Crippen molar-refractivity contribution in [3.63, 3.8) is 0 Å². The van der Waals surface area contributed by atoms with Gasteiger partial charge in [-0.1, -0.05) is 12.1 Å². The molecule has 2 aromatic carbocycles. The van der Waals surface area contributed by atoms with E-state index in [-0.39, 0.29) is 23.8 Å². The second kappa shape index (κ2) is 8.55. The number of carbonyl (C=O) groups is 1. The molecule has 0 bridgehead atoms. The maximum absolute atomic E-state index is 12.1. The van der Waals surface area contributed by atoms with Gasteiger partial charge in [0.15, 0.2) is 11.5 Å². The largest absolute Gasteiger partial charge is 0.504 e. The first-order valence-electron chi connectivity index (χ1n) is 8.50. The zero-order valence-electron chi connectivity index (χ0n) is 14.8. The molecule has 0 atom stereocenters. The monoisotopic (exact) mass is 384 g/mol. The minimum atomic E-state index is -0.189. The fraction of sp³-hybridized carbons (Fsp3) is 0.200. The number of rotatable bonds is 7. The Morgan fingerprint density at radius 1 is 1.15 bits per heavy atom. The first-order chi connectivity index (χ1) is 13.0. The molecule has 0 radical (unpaired) electrons. The zero-order chi connectivity index (χ0) is 19.2. The van der Waals surface area contributed by atoms with Gasteiger partial charge in [-0.2, -0.15) is 0 Å². The molecule has 3 aromatic rings. The fourth-order valence-corrected chi connectivity index (χ4v) is 3.24. The van der Waals surface area contributed by atoms with Crippen molar-refractivity contribution < 1.29 is 19.7 Å². The lowest BCUT2D eigenvalue weighted by Crippen LogP contribution is -2.24. The molecule has 1 amide bonds. The average molecular weight is 384 g/mol. The number of hydrogen-bond donors (Lipinski definition) is 3. The van der Waals surface area contributed by atoms with Gasteiger partial charge in [0.05, 0.1) is 25.3 Å². The van der Waals surface area contributed by atoms with Crippen LogP contribution in [0.25, 0.3) is 11.3 Å². The molecule has 0 spiro atoms. The Labute approximate surface area is 161 Å². The van der Waals surface area contributed by atoms with Gasteiger partial charge in [0.2, 0.25) is 5.91 Å². The molecule has 1 aromatic heterocycles. The summed E-state index contributed by atoms with van der Waals surface area (Å²) in [5, 5.41) is 24.4. The number of aromatic hydroxyl groups is 2. The van der Waals surface area contributed by atoms with Crippen molar-refractivity contribution in [3.8, 4) is 28.5 Å². The summed E-state index contributed by atoms with van der Waals surface area (Å²) in [6, 6.07) is 12.0. The normalized spacial score (nSPS) is 10.6. The van der Waals surface area contributed by atoms with Crippen molar-refractivity contribution in [2.24, 2.45) is 0 Å². The Kier molecular flexibility index (Phi) is 5.93. The second-order valence-electron chi connectivity index (χ2n) is 5.86. The van der Waals surface area contributed by atoms with Crippen molar-refractivity contribution in [3.05, 3.63) is 58.4 Å². The summed E-state index contributed by atoms with van der Waals surface area (Å²) in [5.41, 5.74) is 2.30. The summed E-state index contributed by atoms with van der Waals surface area (Å²) in [6.45, 7) is 2.87. The van der Waals surface area contributed by atoms with E-state index in [1.807, 2.05) is 36.6 Å². The number of aromatic nitrogens is 1. The molecule has 0 saturated carbocycles. The van der Waals surface area contributed by atoms with E-state index >= 15 is 0 Å². The van der Waals surface area contributed by atoms with Gasteiger partial charge >= 0.3 is 0 Å². The highest BCUT2D eigenvalue weighted by Gasteiger charge is 2.09. The van der Waals surface area contributed by atoms with Gasteiger partial charge in [-0.25, -0.2) is 4.98 Å². The molecular formula is C20H20N2O4S. The minimum Gasteiger partial charge on any atom is -0.504 e. The number of thiazole rings is 1. The van der Waals surface area contributed by atoms with E-state index in [1.165, 1.54) is 23.5 Å². The Morgan fingerprint density at radius 2 is 1.93 bits per heavy atom. The molecule has 0 aliphatic rings. The van der Waals surface area contributed by atoms with Crippen LogP contribution in [0.2, 0.25) is 0 Å². The Hall–Kier alpha value is -3.06. The summed E-state index contributed by atoms with van der Waals surface area (Å²) >= 11 is 1.42. The topological polar surface area (TPSA) is 91.7 Å². The van der Waals surface area contributed by atoms with Crippen molar-refractivity contribution in [1.82, 2.24) is 10.3 Å². The van der Waals surface area contributed by atoms with E-state index in [0.29, 0.717) is 24.4 Å². The molecule has 0 unspecified atom stereocenters. The summed E-state index contributed by atoms with van der Waals surface area (Å²) in [6.07, 6.45) is 0.288. The van der Waals surface area contributed by atoms with E-state index in [4.69, 9.17) is 4.74 Å². The molecule has 6 nitrogen and oxygen atoms in total. The molecule has 0 saturated heterocycles. The lowest BCUT2D eigenvalue weighted by molar-refractivity contribution is -0.120. The molecule has 3 N–H and O–H groups in total. The molecule has 7 heteroatoms. The molecule has 0 aliphatic heterocycles. The van der Waals surface area contributed by atoms with E-state index in [2.05, 4.69) is 10.3 Å². The summed E-state index contributed by atoms with van der Waals surface area (Å²) < 4.78 is 5.39. The Balaban J connectivity index is 1.54. The van der Waals surface area contributed by atoms with Gasteiger partial charge in [-0.05, 0) is 42.8 Å². The SMILES string of the molecule is CCOc1ccc(CC(=O)NCc2nc(-c3ccc(O)c(O)c3)cs2)cc1. The van der Waals surface area contributed by atoms with Crippen LogP contribution < -0.4 is 10.1 Å². The van der Waals surface area contributed by atoms with E-state index < -0.39 is 0 Å². The number of hydrogen-bond acceptors (Lipinski definition) is 6. The third-order valence-electron chi connectivity index (χ3n) is 3.86. The highest BCUT2D eigenvalue weighted by atomic mass is 32.1. The maximum atomic E-state index is 12.1. The highest BCUT2D eigenvalue weighted by molar-refractivity contribution is 7.09. The first-order valence-corrected chi connectivity index (χ1v) is 9.38. The summed E-state index contributed by atoms with van der Waals surface area (Å²) in [5.74, 6) is 0.344. The number of carbonyl (C=O) groups excluding carboxylic acids is 1. The predicted octanol–water partition coefficient (Wildman–Crippen LogP) is 3.48. The van der Waals surface area contributed by atoms with Crippen LogP contribution >= 0.6 is 11.3 Å². The smallest absolute Gasteiger partial charge is 0.224 e. The quantitative estimate of drug-likeness (QED) is 0.543. The van der Waals surface area contributed by atoms with Crippen LogP contribution in [0.1, 0.15) is 17.5 Å². The highest BCUT2D eigenvalue weighted by Crippen LogP contribution is 2.31. The third kappa shape index (κ3) is 4.98. The van der Waals surface area contributed by atoms with Crippen molar-refractivity contribution in [1.29, 1.82) is 0 Å². The fourth-order valence-electron chi connectivity index (χ4n) is 2.50. The molecule has 0 fully saturated rings. The second-order valence-corrected chi connectivity index (χ2v) is 6.80. The Morgan fingerprint density at radius 3 is 2.63 bits per heavy atom. The molecule has 27 heavy (non-hydrogen) atoms. The third-order valence-corrected chi connectivity index (χ3v) is 4.71. The minimum absolute atomic E-state index is 0.0850. The number of phenols is 2. The molecule has 3 rings (SSSR count). The van der Waals surface area contributed by atoms with Crippen LogP contribution in [0.15, 0.2) is 47.8 Å². The number of nitrogens with zero attached hydrogens (tertiary/aromatic N) is 1. The first kappa shape index (κ1) is 18.7. The van der Waals surface area contributed by atoms with E-state index in [0.717, 1.165) is 16.3 Å². The lowest BCUT2D eigenvalue weighted by atomic mass is 10.1. The number of benzene rings is 2. The van der Waals surface area contributed by atoms with Crippen LogP contribution in [0.5, 0.6) is 17.2 Å². The number of phenolic OH excluding ortho intramolecular Hbond substituents is 2. The Bertz CT molecular complexity index is 922. The van der Waals surface area contributed by atoms with Crippen LogP contribution in [0.4, 0.5) is 0 Å². The van der Waals surface area contributed by atoms with E-state index in [9.17, 15) is 15.0 Å². The van der Waals surface area contributed by atoms with Crippen LogP contribution in [0, 0.1) is 0 Å². The van der Waals surface area contributed by atoms with E-state index in [1.54, 1.807) is 6.07 Å². The molecule has 0 aliphatic carbocycles. The van der Waals surface area contributed by atoms with Gasteiger partial charge in [-0.3, -0.25) is 4.79 Å². The molecule has 1 heterocycles. The summed E-state index contributed by atoms with van der Waals surface area (Å²) in [7, 11) is 0. The number of nitrogens with one attached hydrogen (secondary N) is 1. The van der Waals surface area contributed by atoms with Gasteiger partial charge in [0, 0.05) is 10.9 Å². The molecule has 140 valence electrons. The maximum Gasteiger partial charge on any atom is 0.224 e. The van der Waals surface area contributed by atoms with Crippen molar-refractivity contribution >= 4 is 17.2 Å². The number of amides is 1. The summed E-state index contributed by atoms with van der Waals surface area (Å²) in [4.78, 5) is 16.6. The van der Waals surface area contributed by atoms with Crippen LogP contribution in [0.3, 0.4) is 0 Å². The lowest BCUT2D eigenvalue weighted by Gasteiger charge is -2.06. The van der Waals surface area contributed by atoms with Gasteiger partial charge in [-0.15, -0.1) is 11.3 Å². The number of ether oxygens (including phenoxy) is 1. The van der Waals surface area contributed by atoms with Crippen molar-refractivity contribution in [2.45, 2.75) is 19.9 Å². The van der Waals surface area contributed by atoms with Gasteiger partial charge in [0.25, 0.3) is 0 Å². The van der Waals surface area contributed by atoms with Gasteiger partial charge < -0.3 is 20.3 Å². The van der Waals surface area contributed by atoms with Crippen molar-refractivity contribution in [2.75, 3.05) is 6.61 Å². The molecular weight excluding hydrogens is 364 g/mol. The standard InChI is InChI=1S/C20H20N2O4S/c1-2-26-15-6-3-13(4-7-15)9-19(25)21-11-20-22-16(12-27-20)14-5-8-17(23)18(24)10-14/h3-8,10,12,23-24H,2,9,11H2,1H3,(H,21,25). The van der Waals surface area contributed by atoms with Gasteiger partial charge in [0.1, 0.15) is 10.8 Å². The average Bonchev–Trinajstić information content (AvgIpc) is 3.13.